The molecule has 0 aromatic rings. The SMILES string of the molecule is O=C(CCC(=O)ON1C(=O)CCC1=O)OCCC1=CCC=CC1. The highest BCUT2D eigenvalue weighted by Crippen LogP contribution is 2.15. The van der Waals surface area contributed by atoms with Crippen molar-refractivity contribution in [3.63, 3.8) is 0 Å². The number of carbonyl (C=O) groups is 4. The van der Waals surface area contributed by atoms with Crippen LogP contribution in [0, 0.1) is 0 Å². The lowest BCUT2D eigenvalue weighted by molar-refractivity contribution is -0.197. The molecule has 0 unspecified atom stereocenters. The second-order valence-electron chi connectivity index (χ2n) is 5.29. The normalized spacial score (nSPS) is 17.2. The Balaban J connectivity index is 1.60. The molecular formula is C16H19NO6. The molecule has 0 bridgehead atoms. The van der Waals surface area contributed by atoms with Gasteiger partial charge >= 0.3 is 11.9 Å². The minimum Gasteiger partial charge on any atom is -0.465 e. The lowest BCUT2D eigenvalue weighted by atomic mass is 10.0. The predicted octanol–water partition coefficient (Wildman–Crippen LogP) is 1.58. The summed E-state index contributed by atoms with van der Waals surface area (Å²) in [7, 11) is 0. The molecule has 1 saturated heterocycles. The summed E-state index contributed by atoms with van der Waals surface area (Å²) in [5.74, 6) is -2.39. The topological polar surface area (TPSA) is 90.0 Å². The Morgan fingerprint density at radius 1 is 1.04 bits per heavy atom. The molecule has 1 aliphatic carbocycles. The highest BCUT2D eigenvalue weighted by molar-refractivity contribution is 6.01. The van der Waals surface area contributed by atoms with Crippen LogP contribution in [0.15, 0.2) is 23.8 Å². The summed E-state index contributed by atoms with van der Waals surface area (Å²) >= 11 is 0. The number of rotatable bonds is 7. The van der Waals surface area contributed by atoms with Crippen LogP contribution < -0.4 is 0 Å². The Bertz CT molecular complexity index is 547. The van der Waals surface area contributed by atoms with Crippen LogP contribution in [0.1, 0.15) is 44.9 Å². The van der Waals surface area contributed by atoms with Crippen molar-refractivity contribution in [3.05, 3.63) is 23.8 Å². The molecular weight excluding hydrogens is 302 g/mol. The second kappa shape index (κ2) is 8.26. The Morgan fingerprint density at radius 2 is 1.74 bits per heavy atom. The van der Waals surface area contributed by atoms with E-state index in [2.05, 4.69) is 23.1 Å². The van der Waals surface area contributed by atoms with Gasteiger partial charge in [-0.05, 0) is 12.8 Å². The molecule has 2 aliphatic rings. The molecule has 124 valence electrons. The van der Waals surface area contributed by atoms with Gasteiger partial charge in [-0.3, -0.25) is 14.4 Å². The maximum Gasteiger partial charge on any atom is 0.333 e. The first kappa shape index (κ1) is 16.9. The second-order valence-corrected chi connectivity index (χ2v) is 5.29. The van der Waals surface area contributed by atoms with Gasteiger partial charge in [0.2, 0.25) is 0 Å². The van der Waals surface area contributed by atoms with Crippen molar-refractivity contribution in [2.75, 3.05) is 6.61 Å². The molecule has 0 radical (unpaired) electrons. The Labute approximate surface area is 133 Å². The molecule has 7 heteroatoms. The van der Waals surface area contributed by atoms with Crippen LogP contribution in [0.5, 0.6) is 0 Å². The molecule has 2 rings (SSSR count). The highest BCUT2D eigenvalue weighted by Gasteiger charge is 2.32. The van der Waals surface area contributed by atoms with Crippen molar-refractivity contribution in [2.45, 2.75) is 44.9 Å². The monoisotopic (exact) mass is 321 g/mol. The smallest absolute Gasteiger partial charge is 0.333 e. The average Bonchev–Trinajstić information content (AvgIpc) is 2.86. The van der Waals surface area contributed by atoms with E-state index in [1.807, 2.05) is 0 Å². The zero-order valence-corrected chi connectivity index (χ0v) is 12.8. The molecule has 0 aromatic heterocycles. The van der Waals surface area contributed by atoms with Crippen LogP contribution in [-0.4, -0.2) is 35.4 Å². The van der Waals surface area contributed by atoms with Crippen molar-refractivity contribution < 1.29 is 28.8 Å². The molecule has 23 heavy (non-hydrogen) atoms. The van der Waals surface area contributed by atoms with Crippen molar-refractivity contribution in [3.8, 4) is 0 Å². The zero-order valence-electron chi connectivity index (χ0n) is 12.8. The number of esters is 1. The van der Waals surface area contributed by atoms with Crippen molar-refractivity contribution >= 4 is 23.8 Å². The molecule has 0 atom stereocenters. The fourth-order valence-corrected chi connectivity index (χ4v) is 2.23. The number of hydroxylamine groups is 2. The molecule has 1 heterocycles. The summed E-state index contributed by atoms with van der Waals surface area (Å²) in [5, 5.41) is 0.469. The van der Waals surface area contributed by atoms with Gasteiger partial charge in [-0.2, -0.15) is 0 Å². The minimum absolute atomic E-state index is 0.0409. The van der Waals surface area contributed by atoms with Gasteiger partial charge in [-0.25, -0.2) is 4.79 Å². The van der Waals surface area contributed by atoms with Crippen LogP contribution in [0.4, 0.5) is 0 Å². The molecule has 0 saturated carbocycles. The fourth-order valence-electron chi connectivity index (χ4n) is 2.23. The van der Waals surface area contributed by atoms with Gasteiger partial charge in [0.25, 0.3) is 11.8 Å². The van der Waals surface area contributed by atoms with E-state index in [9.17, 15) is 19.2 Å². The Kier molecular flexibility index (Phi) is 6.08. The molecule has 1 aliphatic heterocycles. The largest absolute Gasteiger partial charge is 0.465 e. The number of nitrogens with zero attached hydrogens (tertiary/aromatic N) is 1. The maximum atomic E-state index is 11.5. The van der Waals surface area contributed by atoms with E-state index in [0.717, 1.165) is 12.8 Å². The van der Waals surface area contributed by atoms with Crippen LogP contribution in [0.2, 0.25) is 0 Å². The van der Waals surface area contributed by atoms with E-state index in [-0.39, 0.29) is 32.3 Å². The predicted molar refractivity (Wildman–Crippen MR) is 78.4 cm³/mol. The summed E-state index contributed by atoms with van der Waals surface area (Å²) < 4.78 is 5.05. The number of allylic oxidation sites excluding steroid dienone is 3. The van der Waals surface area contributed by atoms with Crippen LogP contribution >= 0.6 is 0 Å². The van der Waals surface area contributed by atoms with Crippen molar-refractivity contribution in [2.24, 2.45) is 0 Å². The molecule has 1 fully saturated rings. The zero-order chi connectivity index (χ0) is 16.7. The average molecular weight is 321 g/mol. The first-order valence-corrected chi connectivity index (χ1v) is 7.61. The third-order valence-corrected chi connectivity index (χ3v) is 3.51. The molecule has 0 spiro atoms. The molecule has 7 nitrogen and oxygen atoms in total. The standard InChI is InChI=1S/C16H19NO6/c18-13-6-7-14(19)17(13)23-16(21)9-8-15(20)22-11-10-12-4-2-1-3-5-12/h1-2,5H,3-4,6-11H2. The lowest BCUT2D eigenvalue weighted by Gasteiger charge is -2.12. The van der Waals surface area contributed by atoms with Gasteiger partial charge in [-0.15, -0.1) is 5.06 Å². The highest BCUT2D eigenvalue weighted by atomic mass is 16.7. The van der Waals surface area contributed by atoms with E-state index in [1.54, 1.807) is 0 Å². The van der Waals surface area contributed by atoms with E-state index in [1.165, 1.54) is 5.57 Å². The van der Waals surface area contributed by atoms with Crippen molar-refractivity contribution in [1.29, 1.82) is 0 Å². The quantitative estimate of drug-likeness (QED) is 0.402. The van der Waals surface area contributed by atoms with Gasteiger partial charge in [0.15, 0.2) is 0 Å². The van der Waals surface area contributed by atoms with Crippen LogP contribution in [-0.2, 0) is 28.8 Å². The number of ether oxygens (including phenoxy) is 1. The van der Waals surface area contributed by atoms with Crippen LogP contribution in [0.25, 0.3) is 0 Å². The number of imide groups is 1. The van der Waals surface area contributed by atoms with Gasteiger partial charge in [-0.1, -0.05) is 23.8 Å². The van der Waals surface area contributed by atoms with E-state index < -0.39 is 23.8 Å². The summed E-state index contributed by atoms with van der Waals surface area (Å²) in [6.45, 7) is 0.274. The van der Waals surface area contributed by atoms with Gasteiger partial charge < -0.3 is 9.57 Å². The summed E-state index contributed by atoms with van der Waals surface area (Å²) in [6, 6.07) is 0. The minimum atomic E-state index is -0.800. The molecule has 0 N–H and O–H groups in total. The van der Waals surface area contributed by atoms with E-state index in [4.69, 9.17) is 4.74 Å². The summed E-state index contributed by atoms with van der Waals surface area (Å²) in [4.78, 5) is 50.3. The fraction of sp³-hybridized carbons (Fsp3) is 0.500. The van der Waals surface area contributed by atoms with Gasteiger partial charge in [0.1, 0.15) is 0 Å². The third kappa shape index (κ3) is 5.36. The number of hydrogen-bond donors (Lipinski definition) is 0. The Hall–Kier alpha value is -2.44. The Morgan fingerprint density at radius 3 is 2.39 bits per heavy atom. The van der Waals surface area contributed by atoms with E-state index >= 15 is 0 Å². The number of hydrogen-bond acceptors (Lipinski definition) is 6. The first-order valence-electron chi connectivity index (χ1n) is 7.61. The number of amides is 2. The third-order valence-electron chi connectivity index (χ3n) is 3.51. The van der Waals surface area contributed by atoms with Crippen LogP contribution in [0.3, 0.4) is 0 Å². The van der Waals surface area contributed by atoms with E-state index in [0.29, 0.717) is 11.5 Å². The molecule has 2 amide bonds. The molecule has 0 aromatic carbocycles. The lowest BCUT2D eigenvalue weighted by Crippen LogP contribution is -2.32. The maximum absolute atomic E-state index is 11.5. The van der Waals surface area contributed by atoms with Gasteiger partial charge in [0, 0.05) is 19.3 Å². The summed E-state index contributed by atoms with van der Waals surface area (Å²) in [5.41, 5.74) is 1.23. The van der Waals surface area contributed by atoms with Gasteiger partial charge in [0.05, 0.1) is 19.4 Å². The first-order chi connectivity index (χ1) is 11.1. The number of carbonyl (C=O) groups excluding carboxylic acids is 4. The van der Waals surface area contributed by atoms with Crippen molar-refractivity contribution in [1.82, 2.24) is 5.06 Å². The summed E-state index contributed by atoms with van der Waals surface area (Å²) in [6.07, 6.45) is 8.43.